The highest BCUT2D eigenvalue weighted by atomic mass is 32.2. The van der Waals surface area contributed by atoms with Gasteiger partial charge >= 0.3 is 36.3 Å². The van der Waals surface area contributed by atoms with Gasteiger partial charge < -0.3 is 57.0 Å². The van der Waals surface area contributed by atoms with Crippen LogP contribution in [-0.2, 0) is 66.1 Å². The largest absolute Gasteiger partial charge is 0.459 e. The van der Waals surface area contributed by atoms with Crippen molar-refractivity contribution in [1.29, 1.82) is 0 Å². The molecular weight excluding hydrogens is 1220 g/mol. The van der Waals surface area contributed by atoms with Gasteiger partial charge in [0.25, 0.3) is 0 Å². The van der Waals surface area contributed by atoms with Crippen LogP contribution in [0.25, 0.3) is 4.85 Å². The molecule has 0 N–H and O–H groups in total. The van der Waals surface area contributed by atoms with Crippen LogP contribution in [0.5, 0.6) is 0 Å². The van der Waals surface area contributed by atoms with Crippen LogP contribution < -0.4 is 0 Å². The molecule has 93 heavy (non-hydrogen) atoms. The van der Waals surface area contributed by atoms with Gasteiger partial charge in [0.2, 0.25) is 5.54 Å². The lowest BCUT2D eigenvalue weighted by Crippen LogP contribution is -2.54. The Labute approximate surface area is 543 Å². The lowest BCUT2D eigenvalue weighted by Gasteiger charge is -2.39. The average molecular weight is 1310 g/mol. The fourth-order valence-electron chi connectivity index (χ4n) is 17.2. The standard InChI is InChI=1S/C17H19NO5.C15H17NO3.C12H16N2O3.C12H19NO5S.C11H17NO3/c1-2-21-17(20)18-12-8-11(9-13(18)15-14(12)23-15)22-16(19)10-6-4-3-5-7-10;1-16-11-7-10(8-12(16)14-13(11)19-14)18-15(17)9-5-3-2-4-6-9;1-4-16-11(15)14-7-5-12(2,13-3)6-8(14)10-9(7)17-10;1-4-16-12(14)13-8-5-7(18-19(2,3)15)6-9(13)11-10(8)17-11;1-3-14-11(13)12-7-4-6(2)5-8(12)10-9(7)15-10/h3-7,11-15H,2,8-9H2,1H3;2-6,10-14H,7-8H2,1H3;7-10H,4-6H2,1-2H3;7-11H,2,4-6H2,1,3H3;6-10H,3-5H2,1-2H3. The Hall–Kier alpha value is -6.31. The molecule has 0 aromatic heterocycles. The van der Waals surface area contributed by atoms with E-state index in [4.69, 9.17) is 62.9 Å². The first-order valence-corrected chi connectivity index (χ1v) is 35.4. The molecule has 15 heterocycles. The number of morpholine rings is 5. The van der Waals surface area contributed by atoms with Crippen molar-refractivity contribution < 1.29 is 89.3 Å². The number of amides is 4. The Bertz CT molecular complexity index is 3200. The molecule has 26 heteroatoms. The third kappa shape index (κ3) is 13.1. The van der Waals surface area contributed by atoms with Crippen LogP contribution in [0.3, 0.4) is 0 Å². The van der Waals surface area contributed by atoms with Crippen molar-refractivity contribution in [2.45, 2.75) is 251 Å². The molecule has 15 saturated heterocycles. The molecule has 21 unspecified atom stereocenters. The maximum absolute atomic E-state index is 12.2. The summed E-state index contributed by atoms with van der Waals surface area (Å²) >= 11 is 0. The van der Waals surface area contributed by atoms with Crippen LogP contribution in [-0.4, -0.2) is 256 Å². The second-order valence-corrected chi connectivity index (χ2v) is 29.6. The van der Waals surface area contributed by atoms with Crippen molar-refractivity contribution in [3.05, 3.63) is 83.2 Å². The summed E-state index contributed by atoms with van der Waals surface area (Å²) in [6, 6.07) is 19.5. The third-order valence-corrected chi connectivity index (χ3v) is 21.9. The molecule has 0 spiro atoms. The van der Waals surface area contributed by atoms with Crippen LogP contribution in [0, 0.1) is 12.5 Å². The number of carbonyl (C=O) groups is 6. The Morgan fingerprint density at radius 2 is 0.774 bits per heavy atom. The van der Waals surface area contributed by atoms with Gasteiger partial charge in [0.15, 0.2) is 0 Å². The molecule has 15 fully saturated rings. The second kappa shape index (κ2) is 26.0. The van der Waals surface area contributed by atoms with Crippen molar-refractivity contribution in [2.24, 2.45) is 5.92 Å². The summed E-state index contributed by atoms with van der Waals surface area (Å²) in [7, 11) is -0.316. The van der Waals surface area contributed by atoms with Gasteiger partial charge in [-0.15, -0.1) is 0 Å². The number of carbonyl (C=O) groups excluding carboxylic acids is 6. The summed E-state index contributed by atoms with van der Waals surface area (Å²) in [6.45, 7) is 20.4. The highest BCUT2D eigenvalue weighted by Gasteiger charge is 2.71. The van der Waals surface area contributed by atoms with Gasteiger partial charge in [-0.2, -0.15) is 0 Å². The molecule has 2 aromatic rings. The molecule has 4 amide bonds. The summed E-state index contributed by atoms with van der Waals surface area (Å²) in [6.07, 6.45) is 10.1. The zero-order chi connectivity index (χ0) is 65.5. The van der Waals surface area contributed by atoms with Gasteiger partial charge in [-0.3, -0.25) is 28.7 Å². The number of esters is 2. The van der Waals surface area contributed by atoms with E-state index < -0.39 is 9.80 Å². The fraction of sp³-hybridized carbons (Fsp3) is 0.701. The van der Waals surface area contributed by atoms with E-state index in [1.54, 1.807) is 47.9 Å². The van der Waals surface area contributed by atoms with E-state index in [1.165, 1.54) is 6.26 Å². The smallest absolute Gasteiger partial charge is 0.410 e. The number of ether oxygens (including phenoxy) is 11. The number of epoxide rings is 5. The maximum Gasteiger partial charge on any atom is 0.410 e. The van der Waals surface area contributed by atoms with E-state index in [0.29, 0.717) is 118 Å². The molecule has 21 atom stereocenters. The van der Waals surface area contributed by atoms with E-state index in [-0.39, 0.29) is 145 Å². The molecule has 25 nitrogen and oxygen atoms in total. The van der Waals surface area contributed by atoms with Crippen molar-refractivity contribution in [3.8, 4) is 0 Å². The molecular formula is C67H88N6O19S. The fourth-order valence-corrected chi connectivity index (χ4v) is 17.9. The molecule has 2 aromatic carbocycles. The van der Waals surface area contributed by atoms with Crippen molar-refractivity contribution in [1.82, 2.24) is 24.5 Å². The first-order chi connectivity index (χ1) is 44.6. The van der Waals surface area contributed by atoms with Crippen LogP contribution in [0.2, 0.25) is 0 Å². The maximum atomic E-state index is 12.2. The average Bonchev–Trinajstić information content (AvgIpc) is 1.59. The number of piperidine rings is 5. The molecule has 0 radical (unpaired) electrons. The molecule has 15 aliphatic rings. The summed E-state index contributed by atoms with van der Waals surface area (Å²) in [5.74, 6) is 3.71. The molecule has 0 aliphatic carbocycles. The minimum Gasteiger partial charge on any atom is -0.459 e. The van der Waals surface area contributed by atoms with E-state index in [2.05, 4.69) is 29.6 Å². The van der Waals surface area contributed by atoms with E-state index >= 15 is 0 Å². The number of hydrogen-bond donors (Lipinski definition) is 0. The predicted octanol–water partition coefficient (Wildman–Crippen LogP) is 6.67. The highest BCUT2D eigenvalue weighted by molar-refractivity contribution is 7.95. The Kier molecular flexibility index (Phi) is 18.3. The Morgan fingerprint density at radius 3 is 1.09 bits per heavy atom. The van der Waals surface area contributed by atoms with Gasteiger partial charge in [0.05, 0.1) is 102 Å². The molecule has 15 aliphatic heterocycles. The number of benzene rings is 2. The Morgan fingerprint density at radius 1 is 0.495 bits per heavy atom. The summed E-state index contributed by atoms with van der Waals surface area (Å²) < 4.78 is 76.8. The van der Waals surface area contributed by atoms with Crippen LogP contribution in [0.15, 0.2) is 60.7 Å². The van der Waals surface area contributed by atoms with Crippen LogP contribution in [0.1, 0.15) is 126 Å². The summed E-state index contributed by atoms with van der Waals surface area (Å²) in [5, 5.41) is 0. The van der Waals surface area contributed by atoms with Crippen LogP contribution in [0.4, 0.5) is 19.2 Å². The molecule has 17 rings (SSSR count). The van der Waals surface area contributed by atoms with Gasteiger partial charge in [0, 0.05) is 63.8 Å². The number of nitrogens with zero attached hydrogens (tertiary/aromatic N) is 6. The van der Waals surface area contributed by atoms with Gasteiger partial charge in [-0.25, -0.2) is 39.5 Å². The van der Waals surface area contributed by atoms with Gasteiger partial charge in [-0.05, 0) is 96.5 Å². The Balaban J connectivity index is 0.000000107. The number of hydrogen-bond acceptors (Lipinski definition) is 20. The minimum atomic E-state index is -2.47. The molecule has 0 saturated carbocycles. The van der Waals surface area contributed by atoms with Gasteiger partial charge in [0.1, 0.15) is 73.2 Å². The molecule has 10 bridgehead atoms. The monoisotopic (exact) mass is 1310 g/mol. The SMILES string of the molecule is C=S(C)(=O)OC1CC2C3OC3C(C1)N2C(=O)OCC.CCOC(=O)N1C2CC(C)CC1C1OC12.CCOC(=O)N1C2CC(OC(=O)c3ccccc3)CC1C1OC12.CN1C2CC(OC(=O)c3ccccc3)CC1C1OC12.[C-]#[N+]C1(C)CC2C3OC3C(C1)N2C(=O)OCC. The first-order valence-electron chi connectivity index (χ1n) is 33.4. The number of likely N-dealkylation sites (N-methyl/N-ethyl adjacent to an activating group) is 1. The lowest BCUT2D eigenvalue weighted by atomic mass is 9.85. The first kappa shape index (κ1) is 65.4. The minimum absolute atomic E-state index is 0.0189. The summed E-state index contributed by atoms with van der Waals surface area (Å²) in [4.78, 5) is 85.4. The normalized spacial score (nSPS) is 41.0. The topological polar surface area (TPSA) is 267 Å². The highest BCUT2D eigenvalue weighted by Crippen LogP contribution is 2.55. The van der Waals surface area contributed by atoms with Crippen molar-refractivity contribution in [2.75, 3.05) is 39.7 Å². The van der Waals surface area contributed by atoms with Crippen molar-refractivity contribution >= 4 is 52.0 Å². The predicted molar refractivity (Wildman–Crippen MR) is 332 cm³/mol. The zero-order valence-electron chi connectivity index (χ0n) is 54.1. The number of rotatable bonds is 10. The van der Waals surface area contributed by atoms with E-state index in [9.17, 15) is 33.0 Å². The second-order valence-electron chi connectivity index (χ2n) is 27.5. The lowest BCUT2D eigenvalue weighted by molar-refractivity contribution is -0.0295. The van der Waals surface area contributed by atoms with Crippen LogP contribution >= 0.6 is 0 Å². The van der Waals surface area contributed by atoms with Gasteiger partial charge in [-0.1, -0.05) is 43.3 Å². The zero-order valence-corrected chi connectivity index (χ0v) is 54.9. The van der Waals surface area contributed by atoms with E-state index in [0.717, 1.165) is 25.7 Å². The summed E-state index contributed by atoms with van der Waals surface area (Å²) in [5.41, 5.74) is 0.846. The van der Waals surface area contributed by atoms with Crippen molar-refractivity contribution in [3.63, 3.8) is 0 Å². The third-order valence-electron chi connectivity index (χ3n) is 21.2. The number of fused-ring (bicyclic) bond motifs is 25. The van der Waals surface area contributed by atoms with E-state index in [1.807, 2.05) is 67.0 Å². The molecule has 506 valence electrons. The quantitative estimate of drug-likeness (QED) is 0.0790.